The maximum atomic E-state index is 12.2. The molecule has 0 saturated carbocycles. The fraction of sp³-hybridized carbons (Fsp3) is 0.526. The predicted octanol–water partition coefficient (Wildman–Crippen LogP) is 3.26. The number of nitrogens with zero attached hydrogens (tertiary/aromatic N) is 2. The van der Waals surface area contributed by atoms with Gasteiger partial charge in [-0.25, -0.2) is 13.2 Å². The first-order valence-corrected chi connectivity index (χ1v) is 10.4. The number of carbonyl (C=O) groups is 1. The SMILES string of the molecule is CCS(=O)(=O)C/C(=C\N(C)C(=O)OC(C)(C)C)N(C)Cc1ccccc1. The second-order valence-corrected chi connectivity index (χ2v) is 9.58. The van der Waals surface area contributed by atoms with Gasteiger partial charge in [-0.2, -0.15) is 0 Å². The Morgan fingerprint density at radius 1 is 1.15 bits per heavy atom. The maximum absolute atomic E-state index is 12.2. The van der Waals surface area contributed by atoms with Gasteiger partial charge in [-0.05, 0) is 26.3 Å². The van der Waals surface area contributed by atoms with E-state index in [2.05, 4.69) is 0 Å². The van der Waals surface area contributed by atoms with Gasteiger partial charge >= 0.3 is 6.09 Å². The molecule has 0 heterocycles. The van der Waals surface area contributed by atoms with Crippen molar-refractivity contribution in [1.82, 2.24) is 9.80 Å². The van der Waals surface area contributed by atoms with E-state index in [0.717, 1.165) is 5.56 Å². The third-order valence-electron chi connectivity index (χ3n) is 3.58. The quantitative estimate of drug-likeness (QED) is 0.724. The van der Waals surface area contributed by atoms with Gasteiger partial charge in [0.15, 0.2) is 9.84 Å². The number of ether oxygens (including phenoxy) is 1. The van der Waals surface area contributed by atoms with Crippen molar-refractivity contribution < 1.29 is 17.9 Å². The molecule has 0 aliphatic carbocycles. The molecule has 0 spiro atoms. The smallest absolute Gasteiger partial charge is 0.414 e. The number of amides is 1. The molecular weight excluding hydrogens is 352 g/mol. The van der Waals surface area contributed by atoms with E-state index in [-0.39, 0.29) is 11.5 Å². The Morgan fingerprint density at radius 3 is 2.23 bits per heavy atom. The highest BCUT2D eigenvalue weighted by Gasteiger charge is 2.21. The van der Waals surface area contributed by atoms with Crippen LogP contribution in [0.2, 0.25) is 0 Å². The molecule has 0 aliphatic rings. The van der Waals surface area contributed by atoms with E-state index in [0.29, 0.717) is 12.2 Å². The van der Waals surface area contributed by atoms with E-state index in [1.54, 1.807) is 34.7 Å². The molecule has 1 aromatic carbocycles. The summed E-state index contributed by atoms with van der Waals surface area (Å²) < 4.78 is 29.6. The van der Waals surface area contributed by atoms with Crippen molar-refractivity contribution in [3.63, 3.8) is 0 Å². The minimum Gasteiger partial charge on any atom is -0.443 e. The number of hydrogen-bond donors (Lipinski definition) is 0. The van der Waals surface area contributed by atoms with Crippen LogP contribution >= 0.6 is 0 Å². The first kappa shape index (κ1) is 22.0. The van der Waals surface area contributed by atoms with Crippen molar-refractivity contribution >= 4 is 15.9 Å². The maximum Gasteiger partial charge on any atom is 0.414 e. The molecule has 0 atom stereocenters. The van der Waals surface area contributed by atoms with E-state index < -0.39 is 21.5 Å². The van der Waals surface area contributed by atoms with Gasteiger partial charge in [0.25, 0.3) is 0 Å². The van der Waals surface area contributed by atoms with Crippen LogP contribution in [-0.2, 0) is 21.1 Å². The van der Waals surface area contributed by atoms with Gasteiger partial charge < -0.3 is 9.64 Å². The average molecular weight is 383 g/mol. The third-order valence-corrected chi connectivity index (χ3v) is 5.20. The molecule has 0 fully saturated rings. The lowest BCUT2D eigenvalue weighted by Gasteiger charge is -2.26. The molecule has 0 N–H and O–H groups in total. The van der Waals surface area contributed by atoms with E-state index in [1.165, 1.54) is 11.1 Å². The number of hydrogen-bond acceptors (Lipinski definition) is 5. The minimum atomic E-state index is -3.25. The zero-order valence-corrected chi connectivity index (χ0v) is 17.3. The summed E-state index contributed by atoms with van der Waals surface area (Å²) in [6, 6.07) is 9.74. The van der Waals surface area contributed by atoms with E-state index >= 15 is 0 Å². The molecule has 0 saturated heterocycles. The highest BCUT2D eigenvalue weighted by Crippen LogP contribution is 2.14. The van der Waals surface area contributed by atoms with E-state index in [1.807, 2.05) is 42.3 Å². The van der Waals surface area contributed by atoms with Gasteiger partial charge in [0, 0.05) is 38.3 Å². The summed E-state index contributed by atoms with van der Waals surface area (Å²) in [6.07, 6.45) is 1.00. The molecule has 0 aromatic heterocycles. The van der Waals surface area contributed by atoms with E-state index in [4.69, 9.17) is 4.74 Å². The Hall–Kier alpha value is -2.02. The molecule has 0 unspecified atom stereocenters. The molecule has 0 radical (unpaired) electrons. The summed E-state index contributed by atoms with van der Waals surface area (Å²) in [6.45, 7) is 7.50. The van der Waals surface area contributed by atoms with Crippen LogP contribution in [0.25, 0.3) is 0 Å². The summed E-state index contributed by atoms with van der Waals surface area (Å²) in [5.41, 5.74) is 0.962. The van der Waals surface area contributed by atoms with Crippen molar-refractivity contribution in [2.24, 2.45) is 0 Å². The molecule has 26 heavy (non-hydrogen) atoms. The highest BCUT2D eigenvalue weighted by atomic mass is 32.2. The van der Waals surface area contributed by atoms with Crippen molar-refractivity contribution in [2.45, 2.75) is 39.8 Å². The Morgan fingerprint density at radius 2 is 1.73 bits per heavy atom. The van der Waals surface area contributed by atoms with Crippen molar-refractivity contribution in [3.05, 3.63) is 47.8 Å². The Bertz CT molecular complexity index is 722. The lowest BCUT2D eigenvalue weighted by atomic mass is 10.2. The van der Waals surface area contributed by atoms with Gasteiger partial charge in [-0.1, -0.05) is 37.3 Å². The Labute approximate surface area is 157 Å². The summed E-state index contributed by atoms with van der Waals surface area (Å²) in [5.74, 6) is -0.0976. The number of carbonyl (C=O) groups excluding carboxylic acids is 1. The van der Waals surface area contributed by atoms with Gasteiger partial charge in [0.05, 0.1) is 5.75 Å². The standard InChI is InChI=1S/C19H30N2O4S/c1-7-26(23,24)15-17(14-21(6)18(22)25-19(2,3)4)20(5)13-16-11-9-8-10-12-16/h8-12,14H,7,13,15H2,1-6H3/b17-14+. The fourth-order valence-electron chi connectivity index (χ4n) is 2.14. The molecule has 1 amide bonds. The molecule has 6 nitrogen and oxygen atoms in total. The first-order chi connectivity index (χ1) is 11.9. The minimum absolute atomic E-state index is 0.0413. The molecule has 0 bridgehead atoms. The summed E-state index contributed by atoms with van der Waals surface area (Å²) >= 11 is 0. The summed E-state index contributed by atoms with van der Waals surface area (Å²) in [4.78, 5) is 15.3. The zero-order valence-electron chi connectivity index (χ0n) is 16.5. The largest absolute Gasteiger partial charge is 0.443 e. The van der Waals surface area contributed by atoms with Crippen molar-refractivity contribution in [1.29, 1.82) is 0 Å². The highest BCUT2D eigenvalue weighted by molar-refractivity contribution is 7.91. The topological polar surface area (TPSA) is 66.9 Å². The number of rotatable bonds is 7. The van der Waals surface area contributed by atoms with Crippen LogP contribution in [0.15, 0.2) is 42.2 Å². The molecule has 1 rings (SSSR count). The Balaban J connectivity index is 3.05. The van der Waals surface area contributed by atoms with Crippen LogP contribution in [-0.4, -0.2) is 55.5 Å². The zero-order chi connectivity index (χ0) is 20.0. The van der Waals surface area contributed by atoms with Gasteiger partial charge in [0.2, 0.25) is 0 Å². The van der Waals surface area contributed by atoms with E-state index in [9.17, 15) is 13.2 Å². The average Bonchev–Trinajstić information content (AvgIpc) is 2.53. The third kappa shape index (κ3) is 7.91. The van der Waals surface area contributed by atoms with Crippen LogP contribution in [0.3, 0.4) is 0 Å². The summed E-state index contributed by atoms with van der Waals surface area (Å²) in [5, 5.41) is 0. The lowest BCUT2D eigenvalue weighted by Crippen LogP contribution is -2.33. The van der Waals surface area contributed by atoms with Crippen LogP contribution in [0.1, 0.15) is 33.3 Å². The van der Waals surface area contributed by atoms with Gasteiger partial charge in [0.1, 0.15) is 5.60 Å². The fourth-order valence-corrected chi connectivity index (χ4v) is 3.09. The predicted molar refractivity (Wildman–Crippen MR) is 104 cm³/mol. The van der Waals surface area contributed by atoms with Crippen molar-refractivity contribution in [2.75, 3.05) is 25.6 Å². The van der Waals surface area contributed by atoms with Gasteiger partial charge in [-0.3, -0.25) is 4.90 Å². The normalized spacial score (nSPS) is 12.6. The summed E-state index contributed by atoms with van der Waals surface area (Å²) in [7, 11) is 0.120. The van der Waals surface area contributed by atoms with Crippen LogP contribution in [0.5, 0.6) is 0 Å². The first-order valence-electron chi connectivity index (χ1n) is 8.55. The second kappa shape index (κ2) is 9.07. The number of benzene rings is 1. The van der Waals surface area contributed by atoms with Crippen molar-refractivity contribution in [3.8, 4) is 0 Å². The lowest BCUT2D eigenvalue weighted by molar-refractivity contribution is 0.0368. The van der Waals surface area contributed by atoms with Crippen LogP contribution < -0.4 is 0 Å². The second-order valence-electron chi connectivity index (χ2n) is 7.23. The molecule has 1 aromatic rings. The van der Waals surface area contributed by atoms with Crippen LogP contribution in [0, 0.1) is 0 Å². The molecule has 146 valence electrons. The Kier molecular flexibility index (Phi) is 7.68. The molecular formula is C19H30N2O4S. The molecule has 7 heteroatoms. The molecule has 0 aliphatic heterocycles. The monoisotopic (exact) mass is 382 g/mol. The number of sulfone groups is 1. The van der Waals surface area contributed by atoms with Crippen LogP contribution in [0.4, 0.5) is 4.79 Å². The van der Waals surface area contributed by atoms with Gasteiger partial charge in [-0.15, -0.1) is 0 Å².